The summed E-state index contributed by atoms with van der Waals surface area (Å²) in [5, 5.41) is 3.21. The van der Waals surface area contributed by atoms with Crippen LogP contribution < -0.4 is 16.2 Å². The molecule has 0 unspecified atom stereocenters. The first-order valence-electron chi connectivity index (χ1n) is 5.25. The molecule has 1 heterocycles. The van der Waals surface area contributed by atoms with Gasteiger partial charge in [-0.25, -0.2) is 10.4 Å². The topological polar surface area (TPSA) is 66.0 Å². The van der Waals surface area contributed by atoms with Crippen molar-refractivity contribution in [1.82, 2.24) is 15.8 Å². The zero-order chi connectivity index (χ0) is 12.1. The number of hydrazine groups is 1. The van der Waals surface area contributed by atoms with E-state index in [9.17, 15) is 4.79 Å². The molecule has 0 aliphatic heterocycles. The summed E-state index contributed by atoms with van der Waals surface area (Å²) in [5.74, 6) is 0.630. The number of hydrogen-bond acceptors (Lipinski definition) is 4. The third-order valence-electron chi connectivity index (χ3n) is 2.00. The zero-order valence-corrected chi connectivity index (χ0v) is 10.1. The number of carbonyl (C=O) groups is 1. The molecule has 0 aliphatic carbocycles. The molecular formula is C11H18N4O. The van der Waals surface area contributed by atoms with Crippen molar-refractivity contribution in [3.8, 4) is 0 Å². The highest BCUT2D eigenvalue weighted by atomic mass is 16.2. The van der Waals surface area contributed by atoms with Crippen molar-refractivity contribution in [2.75, 3.05) is 12.4 Å². The number of aromatic nitrogens is 1. The van der Waals surface area contributed by atoms with Gasteiger partial charge in [0.15, 0.2) is 0 Å². The van der Waals surface area contributed by atoms with E-state index < -0.39 is 0 Å². The molecule has 16 heavy (non-hydrogen) atoms. The Kier molecular flexibility index (Phi) is 4.25. The molecule has 1 amide bonds. The minimum absolute atomic E-state index is 0.186. The summed E-state index contributed by atoms with van der Waals surface area (Å²) < 4.78 is 0. The maximum absolute atomic E-state index is 11.5. The average molecular weight is 222 g/mol. The molecule has 1 rings (SSSR count). The Morgan fingerprint density at radius 2 is 2.12 bits per heavy atom. The van der Waals surface area contributed by atoms with E-state index in [0.717, 1.165) is 11.4 Å². The first-order valence-corrected chi connectivity index (χ1v) is 5.25. The van der Waals surface area contributed by atoms with E-state index in [1.54, 1.807) is 13.2 Å². The molecule has 0 atom stereocenters. The van der Waals surface area contributed by atoms with Crippen LogP contribution >= 0.6 is 0 Å². The van der Waals surface area contributed by atoms with Crippen LogP contribution in [0.25, 0.3) is 0 Å². The molecule has 5 nitrogen and oxygen atoms in total. The van der Waals surface area contributed by atoms with Crippen LogP contribution in [-0.4, -0.2) is 24.0 Å². The predicted octanol–water partition coefficient (Wildman–Crippen LogP) is 1.07. The van der Waals surface area contributed by atoms with Gasteiger partial charge < -0.3 is 5.32 Å². The van der Waals surface area contributed by atoms with E-state index >= 15 is 0 Å². The second-order valence-electron chi connectivity index (χ2n) is 3.89. The Balaban J connectivity index is 2.86. The lowest BCUT2D eigenvalue weighted by Gasteiger charge is -2.12. The number of aryl methyl sites for hydroxylation is 1. The van der Waals surface area contributed by atoms with Gasteiger partial charge >= 0.3 is 0 Å². The van der Waals surface area contributed by atoms with Crippen molar-refractivity contribution in [3.05, 3.63) is 23.4 Å². The van der Waals surface area contributed by atoms with Crippen LogP contribution in [0.5, 0.6) is 0 Å². The van der Waals surface area contributed by atoms with Crippen molar-refractivity contribution in [2.24, 2.45) is 0 Å². The third-order valence-corrected chi connectivity index (χ3v) is 2.00. The fraction of sp³-hybridized carbons (Fsp3) is 0.455. The lowest BCUT2D eigenvalue weighted by atomic mass is 10.2. The quantitative estimate of drug-likeness (QED) is 0.667. The largest absolute Gasteiger partial charge is 0.368 e. The van der Waals surface area contributed by atoms with Crippen LogP contribution in [-0.2, 0) is 0 Å². The summed E-state index contributed by atoms with van der Waals surface area (Å²) in [4.78, 5) is 15.7. The van der Waals surface area contributed by atoms with E-state index in [2.05, 4.69) is 21.2 Å². The summed E-state index contributed by atoms with van der Waals surface area (Å²) >= 11 is 0. The minimum atomic E-state index is -0.186. The number of nitrogens with one attached hydrogen (secondary N) is 3. The van der Waals surface area contributed by atoms with Crippen molar-refractivity contribution >= 4 is 11.7 Å². The zero-order valence-electron chi connectivity index (χ0n) is 10.1. The molecule has 0 spiro atoms. The number of hydrogen-bond donors (Lipinski definition) is 3. The highest BCUT2D eigenvalue weighted by Crippen LogP contribution is 2.13. The van der Waals surface area contributed by atoms with Crippen LogP contribution in [0, 0.1) is 6.92 Å². The molecule has 0 bridgehead atoms. The molecule has 0 aromatic carbocycles. The van der Waals surface area contributed by atoms with Crippen LogP contribution in [0.3, 0.4) is 0 Å². The number of nitrogens with zero attached hydrogens (tertiary/aromatic N) is 1. The maximum Gasteiger partial charge on any atom is 0.266 e. The lowest BCUT2D eigenvalue weighted by Crippen LogP contribution is -2.34. The van der Waals surface area contributed by atoms with Gasteiger partial charge in [-0.05, 0) is 32.4 Å². The number of anilines is 1. The molecule has 1 aromatic heterocycles. The fourth-order valence-electron chi connectivity index (χ4n) is 1.31. The Hall–Kier alpha value is -1.62. The second-order valence-corrected chi connectivity index (χ2v) is 3.89. The maximum atomic E-state index is 11.5. The summed E-state index contributed by atoms with van der Waals surface area (Å²) in [6, 6.07) is 2.13. The summed E-state index contributed by atoms with van der Waals surface area (Å²) in [6.45, 7) is 6.01. The molecule has 0 saturated heterocycles. The van der Waals surface area contributed by atoms with Crippen molar-refractivity contribution in [2.45, 2.75) is 26.8 Å². The first-order chi connectivity index (χ1) is 7.54. The van der Waals surface area contributed by atoms with E-state index in [-0.39, 0.29) is 5.91 Å². The highest BCUT2D eigenvalue weighted by molar-refractivity contribution is 5.94. The van der Waals surface area contributed by atoms with Gasteiger partial charge in [0.2, 0.25) is 0 Å². The Labute approximate surface area is 95.6 Å². The monoisotopic (exact) mass is 222 g/mol. The van der Waals surface area contributed by atoms with Crippen molar-refractivity contribution in [1.29, 1.82) is 0 Å². The fourth-order valence-corrected chi connectivity index (χ4v) is 1.31. The molecule has 0 aliphatic rings. The molecule has 5 heteroatoms. The van der Waals surface area contributed by atoms with E-state index in [1.165, 1.54) is 0 Å². The Bertz CT molecular complexity index is 376. The minimum Gasteiger partial charge on any atom is -0.368 e. The molecule has 0 saturated carbocycles. The molecule has 3 N–H and O–H groups in total. The number of carbonyl (C=O) groups excluding carboxylic acids is 1. The molecule has 1 aromatic rings. The molecule has 0 radical (unpaired) electrons. The van der Waals surface area contributed by atoms with E-state index in [0.29, 0.717) is 11.6 Å². The van der Waals surface area contributed by atoms with E-state index in [1.807, 2.05) is 26.8 Å². The normalized spacial score (nSPS) is 10.3. The van der Waals surface area contributed by atoms with Gasteiger partial charge in [0.25, 0.3) is 5.91 Å². The standard InChI is InChI=1S/C11H18N4O/c1-7(2)14-10-8(3)5-9(6-13-10)11(16)15-12-4/h5-7,12H,1-4H3,(H,13,14)(H,15,16). The van der Waals surface area contributed by atoms with Gasteiger partial charge in [-0.15, -0.1) is 0 Å². The smallest absolute Gasteiger partial charge is 0.266 e. The molecule has 88 valence electrons. The predicted molar refractivity (Wildman–Crippen MR) is 64.3 cm³/mol. The van der Waals surface area contributed by atoms with Crippen LogP contribution in [0.2, 0.25) is 0 Å². The number of pyridine rings is 1. The van der Waals surface area contributed by atoms with Gasteiger partial charge in [0, 0.05) is 19.3 Å². The van der Waals surface area contributed by atoms with Crippen molar-refractivity contribution < 1.29 is 4.79 Å². The first kappa shape index (κ1) is 12.4. The number of amides is 1. The van der Waals surface area contributed by atoms with Crippen LogP contribution in [0.15, 0.2) is 12.3 Å². The highest BCUT2D eigenvalue weighted by Gasteiger charge is 2.08. The third kappa shape index (κ3) is 3.20. The van der Waals surface area contributed by atoms with E-state index in [4.69, 9.17) is 0 Å². The summed E-state index contributed by atoms with van der Waals surface area (Å²) in [7, 11) is 1.65. The molecule has 0 fully saturated rings. The van der Waals surface area contributed by atoms with Gasteiger partial charge in [-0.2, -0.15) is 0 Å². The van der Waals surface area contributed by atoms with Gasteiger partial charge in [-0.3, -0.25) is 10.2 Å². The summed E-state index contributed by atoms with van der Waals surface area (Å²) in [5.41, 5.74) is 6.59. The van der Waals surface area contributed by atoms with Crippen molar-refractivity contribution in [3.63, 3.8) is 0 Å². The number of rotatable bonds is 4. The SMILES string of the molecule is CNNC(=O)c1cnc(NC(C)C)c(C)c1. The Morgan fingerprint density at radius 1 is 1.44 bits per heavy atom. The van der Waals surface area contributed by atoms with Gasteiger partial charge in [0.1, 0.15) is 5.82 Å². The molecular weight excluding hydrogens is 204 g/mol. The van der Waals surface area contributed by atoms with Gasteiger partial charge in [-0.1, -0.05) is 0 Å². The lowest BCUT2D eigenvalue weighted by molar-refractivity contribution is 0.0937. The average Bonchev–Trinajstić information content (AvgIpc) is 2.20. The summed E-state index contributed by atoms with van der Waals surface area (Å²) in [6.07, 6.45) is 1.56. The van der Waals surface area contributed by atoms with Crippen LogP contribution in [0.4, 0.5) is 5.82 Å². The van der Waals surface area contributed by atoms with Gasteiger partial charge in [0.05, 0.1) is 5.56 Å². The second kappa shape index (κ2) is 5.46. The van der Waals surface area contributed by atoms with Crippen LogP contribution in [0.1, 0.15) is 29.8 Å². The Morgan fingerprint density at radius 3 is 2.62 bits per heavy atom.